The second kappa shape index (κ2) is 8.35. The summed E-state index contributed by atoms with van der Waals surface area (Å²) >= 11 is 17.9. The maximum Gasteiger partial charge on any atom is 0.238 e. The summed E-state index contributed by atoms with van der Waals surface area (Å²) in [7, 11) is 1.85. The van der Waals surface area contributed by atoms with Gasteiger partial charge in [0.15, 0.2) is 11.5 Å². The zero-order valence-corrected chi connectivity index (χ0v) is 16.3. The summed E-state index contributed by atoms with van der Waals surface area (Å²) in [6.07, 6.45) is 0. The van der Waals surface area contributed by atoms with Crippen LogP contribution in [0.4, 0.5) is 5.69 Å². The molecule has 1 heterocycles. The number of nitrogens with one attached hydrogen (secondary N) is 1. The van der Waals surface area contributed by atoms with Crippen LogP contribution in [0.1, 0.15) is 5.56 Å². The molecule has 1 N–H and O–H groups in total. The Kier molecular flexibility index (Phi) is 6.14. The molecule has 0 spiro atoms. The lowest BCUT2D eigenvalue weighted by Crippen LogP contribution is -2.30. The summed E-state index contributed by atoms with van der Waals surface area (Å²) in [6.45, 7) is 1.87. The molecule has 2 aromatic rings. The number of hydrogen-bond donors (Lipinski definition) is 1. The SMILES string of the molecule is CN(CC(=O)Nc1cc(Cl)c(Cl)cc1Cl)Cc1ccc2c(c1)OCCO2. The highest BCUT2D eigenvalue weighted by atomic mass is 35.5. The topological polar surface area (TPSA) is 50.8 Å². The van der Waals surface area contributed by atoms with Crippen molar-refractivity contribution in [2.24, 2.45) is 0 Å². The van der Waals surface area contributed by atoms with Crippen LogP contribution in [0.25, 0.3) is 0 Å². The van der Waals surface area contributed by atoms with Gasteiger partial charge < -0.3 is 14.8 Å². The van der Waals surface area contributed by atoms with Gasteiger partial charge in [-0.1, -0.05) is 40.9 Å². The van der Waals surface area contributed by atoms with E-state index in [1.807, 2.05) is 30.1 Å². The van der Waals surface area contributed by atoms with Crippen molar-refractivity contribution >= 4 is 46.4 Å². The zero-order chi connectivity index (χ0) is 18.7. The fourth-order valence-corrected chi connectivity index (χ4v) is 3.20. The molecular weight excluding hydrogens is 399 g/mol. The number of anilines is 1. The number of rotatable bonds is 5. The van der Waals surface area contributed by atoms with Crippen LogP contribution in [-0.4, -0.2) is 37.6 Å². The van der Waals surface area contributed by atoms with Gasteiger partial charge in [-0.05, 0) is 36.9 Å². The lowest BCUT2D eigenvalue weighted by molar-refractivity contribution is -0.117. The van der Waals surface area contributed by atoms with E-state index >= 15 is 0 Å². The second-order valence-corrected chi connectivity index (χ2v) is 7.17. The van der Waals surface area contributed by atoms with Crippen LogP contribution in [0, 0.1) is 0 Å². The molecule has 0 radical (unpaired) electrons. The number of carbonyl (C=O) groups excluding carboxylic acids is 1. The smallest absolute Gasteiger partial charge is 0.238 e. The van der Waals surface area contributed by atoms with Gasteiger partial charge in [-0.15, -0.1) is 0 Å². The van der Waals surface area contributed by atoms with Crippen molar-refractivity contribution < 1.29 is 14.3 Å². The number of nitrogens with zero attached hydrogens (tertiary/aromatic N) is 1. The molecule has 0 aliphatic carbocycles. The van der Waals surface area contributed by atoms with Crippen LogP contribution >= 0.6 is 34.8 Å². The third-order valence-corrected chi connectivity index (χ3v) is 4.79. The predicted molar refractivity (Wildman–Crippen MR) is 104 cm³/mol. The molecule has 5 nitrogen and oxygen atoms in total. The third-order valence-electron chi connectivity index (χ3n) is 3.76. The Hall–Kier alpha value is -1.66. The second-order valence-electron chi connectivity index (χ2n) is 5.94. The Morgan fingerprint density at radius 3 is 2.50 bits per heavy atom. The van der Waals surface area contributed by atoms with Crippen molar-refractivity contribution in [2.75, 3.05) is 32.1 Å². The monoisotopic (exact) mass is 414 g/mol. The maximum absolute atomic E-state index is 12.3. The van der Waals surface area contributed by atoms with Gasteiger partial charge >= 0.3 is 0 Å². The van der Waals surface area contributed by atoms with E-state index in [1.54, 1.807) is 0 Å². The van der Waals surface area contributed by atoms with Crippen LogP contribution in [0.5, 0.6) is 11.5 Å². The van der Waals surface area contributed by atoms with Gasteiger partial charge in [0.05, 0.1) is 27.3 Å². The Morgan fingerprint density at radius 2 is 1.73 bits per heavy atom. The first kappa shape index (κ1) is 19.1. The normalized spacial score (nSPS) is 13.0. The van der Waals surface area contributed by atoms with Gasteiger partial charge in [0.2, 0.25) is 5.91 Å². The summed E-state index contributed by atoms with van der Waals surface area (Å²) in [5, 5.41) is 3.75. The summed E-state index contributed by atoms with van der Waals surface area (Å²) in [5.74, 6) is 1.27. The molecule has 8 heteroatoms. The highest BCUT2D eigenvalue weighted by Crippen LogP contribution is 2.32. The lowest BCUT2D eigenvalue weighted by Gasteiger charge is -2.21. The minimum absolute atomic E-state index is 0.186. The van der Waals surface area contributed by atoms with Crippen LogP contribution in [0.2, 0.25) is 15.1 Å². The number of benzene rings is 2. The van der Waals surface area contributed by atoms with E-state index < -0.39 is 0 Å². The Balaban J connectivity index is 1.58. The fourth-order valence-electron chi connectivity index (χ4n) is 2.61. The minimum atomic E-state index is -0.203. The largest absolute Gasteiger partial charge is 0.486 e. The molecule has 1 aliphatic heterocycles. The van der Waals surface area contributed by atoms with Gasteiger partial charge in [0.25, 0.3) is 0 Å². The van der Waals surface area contributed by atoms with E-state index in [0.717, 1.165) is 17.1 Å². The Labute approximate surface area is 166 Å². The molecule has 0 bridgehead atoms. The van der Waals surface area contributed by atoms with Gasteiger partial charge in [0, 0.05) is 6.54 Å². The van der Waals surface area contributed by atoms with E-state index in [2.05, 4.69) is 5.32 Å². The molecule has 0 fully saturated rings. The first-order chi connectivity index (χ1) is 12.4. The van der Waals surface area contributed by atoms with E-state index in [1.165, 1.54) is 12.1 Å². The Bertz CT molecular complexity index is 830. The van der Waals surface area contributed by atoms with Crippen molar-refractivity contribution in [3.63, 3.8) is 0 Å². The van der Waals surface area contributed by atoms with Gasteiger partial charge in [0.1, 0.15) is 13.2 Å². The van der Waals surface area contributed by atoms with Gasteiger partial charge in [-0.25, -0.2) is 0 Å². The van der Waals surface area contributed by atoms with Crippen LogP contribution in [0.15, 0.2) is 30.3 Å². The summed E-state index contributed by atoms with van der Waals surface area (Å²) in [6, 6.07) is 8.80. The number of halogens is 3. The highest BCUT2D eigenvalue weighted by molar-refractivity contribution is 6.44. The number of amides is 1. The quantitative estimate of drug-likeness (QED) is 0.731. The summed E-state index contributed by atoms with van der Waals surface area (Å²) in [5.41, 5.74) is 1.45. The van der Waals surface area contributed by atoms with E-state index in [9.17, 15) is 4.79 Å². The van der Waals surface area contributed by atoms with Crippen molar-refractivity contribution in [3.8, 4) is 11.5 Å². The molecule has 0 saturated heterocycles. The number of fused-ring (bicyclic) bond motifs is 1. The molecule has 0 atom stereocenters. The summed E-state index contributed by atoms with van der Waals surface area (Å²) < 4.78 is 11.1. The average Bonchev–Trinajstić information content (AvgIpc) is 2.59. The molecule has 138 valence electrons. The minimum Gasteiger partial charge on any atom is -0.486 e. The first-order valence-electron chi connectivity index (χ1n) is 7.94. The van der Waals surface area contributed by atoms with Crippen LogP contribution < -0.4 is 14.8 Å². The molecule has 0 saturated carbocycles. The standard InChI is InChI=1S/C18H17Cl3N2O3/c1-23(9-11-2-3-16-17(6-11)26-5-4-25-16)10-18(24)22-15-8-13(20)12(19)7-14(15)21/h2-3,6-8H,4-5,9-10H2,1H3,(H,22,24). The van der Waals surface area contributed by atoms with Crippen molar-refractivity contribution in [3.05, 3.63) is 51.0 Å². The van der Waals surface area contributed by atoms with Crippen LogP contribution in [0.3, 0.4) is 0 Å². The Morgan fingerprint density at radius 1 is 1.04 bits per heavy atom. The third kappa shape index (κ3) is 4.74. The molecular formula is C18H17Cl3N2O3. The molecule has 2 aromatic carbocycles. The fraction of sp³-hybridized carbons (Fsp3) is 0.278. The van der Waals surface area contributed by atoms with Gasteiger partial charge in [-0.2, -0.15) is 0 Å². The van der Waals surface area contributed by atoms with Crippen LogP contribution in [-0.2, 0) is 11.3 Å². The highest BCUT2D eigenvalue weighted by Gasteiger charge is 2.14. The molecule has 1 aliphatic rings. The van der Waals surface area contributed by atoms with Crippen molar-refractivity contribution in [2.45, 2.75) is 6.54 Å². The van der Waals surface area contributed by atoms with E-state index in [-0.39, 0.29) is 12.5 Å². The van der Waals surface area contributed by atoms with E-state index in [4.69, 9.17) is 44.3 Å². The lowest BCUT2D eigenvalue weighted by atomic mass is 10.2. The molecule has 1 amide bonds. The molecule has 0 unspecified atom stereocenters. The number of likely N-dealkylation sites (N-methyl/N-ethyl adjacent to an activating group) is 1. The molecule has 0 aromatic heterocycles. The number of hydrogen-bond acceptors (Lipinski definition) is 4. The predicted octanol–water partition coefficient (Wildman–Crippen LogP) is 4.49. The van der Waals surface area contributed by atoms with Crippen molar-refractivity contribution in [1.82, 2.24) is 4.90 Å². The summed E-state index contributed by atoms with van der Waals surface area (Å²) in [4.78, 5) is 14.1. The maximum atomic E-state index is 12.3. The van der Waals surface area contributed by atoms with Gasteiger partial charge in [-0.3, -0.25) is 9.69 Å². The average molecular weight is 416 g/mol. The number of ether oxygens (including phenoxy) is 2. The van der Waals surface area contributed by atoms with Crippen molar-refractivity contribution in [1.29, 1.82) is 0 Å². The zero-order valence-electron chi connectivity index (χ0n) is 14.0. The molecule has 3 rings (SSSR count). The first-order valence-corrected chi connectivity index (χ1v) is 9.07. The van der Waals surface area contributed by atoms with E-state index in [0.29, 0.717) is 40.5 Å². The molecule has 26 heavy (non-hydrogen) atoms. The number of carbonyl (C=O) groups is 1.